The van der Waals surface area contributed by atoms with Crippen molar-refractivity contribution in [2.45, 2.75) is 86.4 Å². The van der Waals surface area contributed by atoms with E-state index >= 15 is 0 Å². The highest BCUT2D eigenvalue weighted by Crippen LogP contribution is 2.21. The summed E-state index contributed by atoms with van der Waals surface area (Å²) in [6.45, 7) is 24.0. The third kappa shape index (κ3) is 14.3. The molecule has 2 rings (SSSR count). The lowest BCUT2D eigenvalue weighted by Gasteiger charge is -2.32. The molecule has 1 aliphatic heterocycles. The Morgan fingerprint density at radius 2 is 1.74 bits per heavy atom. The summed E-state index contributed by atoms with van der Waals surface area (Å²) in [6, 6.07) is 0. The highest BCUT2D eigenvalue weighted by atomic mass is 16.5. The molecule has 1 N–H and O–H groups in total. The van der Waals surface area contributed by atoms with Gasteiger partial charge in [-0.1, -0.05) is 54.5 Å². The van der Waals surface area contributed by atoms with Crippen molar-refractivity contribution in [2.75, 3.05) is 39.3 Å². The minimum Gasteiger partial charge on any atom is -0.495 e. The Morgan fingerprint density at radius 3 is 2.26 bits per heavy atom. The molecule has 0 bridgehead atoms. The van der Waals surface area contributed by atoms with Crippen LogP contribution in [-0.4, -0.2) is 66.4 Å². The maximum Gasteiger partial charge on any atom is 0.179 e. The van der Waals surface area contributed by atoms with E-state index in [1.54, 1.807) is 0 Å². The quantitative estimate of drug-likeness (QED) is 0.438. The van der Waals surface area contributed by atoms with Crippen molar-refractivity contribution in [1.82, 2.24) is 9.80 Å². The molecule has 1 fully saturated rings. The topological polar surface area (TPSA) is 45.2 Å². The van der Waals surface area contributed by atoms with Crippen LogP contribution in [0.4, 0.5) is 0 Å². The second kappa shape index (κ2) is 18.1. The summed E-state index contributed by atoms with van der Waals surface area (Å²) in [6.07, 6.45) is 10.6. The number of hydrogen-bond acceptors (Lipinski definition) is 5. The molecule has 1 saturated heterocycles. The predicted molar refractivity (Wildman–Crippen MR) is 133 cm³/mol. The number of aliphatic hydroxyl groups excluding tert-OH is 1. The zero-order valence-corrected chi connectivity index (χ0v) is 21.4. The number of likely N-dealkylation sites (N-methyl/N-ethyl adjacent to an activating group) is 1. The van der Waals surface area contributed by atoms with Gasteiger partial charge in [-0.3, -0.25) is 0 Å². The van der Waals surface area contributed by atoms with E-state index in [9.17, 15) is 5.11 Å². The van der Waals surface area contributed by atoms with Crippen LogP contribution in [0.25, 0.3) is 0 Å². The third-order valence-corrected chi connectivity index (χ3v) is 5.02. The first kappa shape index (κ1) is 29.5. The Hall–Kier alpha value is -1.46. The zero-order valence-electron chi connectivity index (χ0n) is 21.4. The average Bonchev–Trinajstić information content (AvgIpc) is 2.98. The van der Waals surface area contributed by atoms with Crippen LogP contribution >= 0.6 is 0 Å². The zero-order chi connectivity index (χ0) is 23.6. The largest absolute Gasteiger partial charge is 0.495 e. The number of rotatable bonds is 9. The molecular weight excluding hydrogens is 388 g/mol. The number of aliphatic hydroxyl groups is 1. The Kier molecular flexibility index (Phi) is 17.3. The first-order valence-corrected chi connectivity index (χ1v) is 12.4. The molecule has 0 aromatic carbocycles. The number of nitrogens with zero attached hydrogens (tertiary/aromatic N) is 2. The molecule has 5 nitrogen and oxygen atoms in total. The molecule has 0 aromatic heterocycles. The van der Waals surface area contributed by atoms with Crippen LogP contribution in [0.1, 0.15) is 74.1 Å². The second-order valence-corrected chi connectivity index (χ2v) is 8.43. The summed E-state index contributed by atoms with van der Waals surface area (Å²) in [5.41, 5.74) is 0. The van der Waals surface area contributed by atoms with E-state index in [0.29, 0.717) is 0 Å². The monoisotopic (exact) mass is 438 g/mol. The fourth-order valence-electron chi connectivity index (χ4n) is 3.28. The SMILES string of the molecule is C=C(O)N1CCC(OC2=CCCC(OCCN(CC)CC)C=C2)CC1.CC.CC(C)C. The predicted octanol–water partition coefficient (Wildman–Crippen LogP) is 6.15. The molecule has 31 heavy (non-hydrogen) atoms. The molecule has 5 heteroatoms. The molecule has 1 atom stereocenters. The van der Waals surface area contributed by atoms with E-state index in [1.165, 1.54) is 0 Å². The summed E-state index contributed by atoms with van der Waals surface area (Å²) >= 11 is 0. The standard InChI is InChI=1S/C20H34N2O3.C4H10.C2H6/c1-4-21(5-2)15-16-24-18-7-6-8-19(10-9-18)25-20-11-13-22(14-12-20)17(3)23;1-4(2)3;1-2/h8-10,18,20,23H,3-7,11-16H2,1-2H3;4H,1-3H3;1-2H3. The number of piperidine rings is 1. The fourth-order valence-corrected chi connectivity index (χ4v) is 3.28. The molecule has 0 spiro atoms. The van der Waals surface area contributed by atoms with Crippen LogP contribution in [-0.2, 0) is 9.47 Å². The molecule has 1 unspecified atom stereocenters. The van der Waals surface area contributed by atoms with E-state index in [4.69, 9.17) is 9.47 Å². The second-order valence-electron chi connectivity index (χ2n) is 8.43. The van der Waals surface area contributed by atoms with Crippen molar-refractivity contribution < 1.29 is 14.6 Å². The Balaban J connectivity index is 0.00000134. The summed E-state index contributed by atoms with van der Waals surface area (Å²) in [5.74, 6) is 1.95. The Morgan fingerprint density at radius 1 is 1.16 bits per heavy atom. The minimum atomic E-state index is 0.164. The number of ether oxygens (including phenoxy) is 2. The van der Waals surface area contributed by atoms with Gasteiger partial charge in [-0.2, -0.15) is 0 Å². The first-order valence-electron chi connectivity index (χ1n) is 12.4. The van der Waals surface area contributed by atoms with Gasteiger partial charge in [-0.15, -0.1) is 0 Å². The van der Waals surface area contributed by atoms with Gasteiger partial charge in [0.2, 0.25) is 0 Å². The van der Waals surface area contributed by atoms with Gasteiger partial charge < -0.3 is 24.4 Å². The molecule has 0 saturated carbocycles. The van der Waals surface area contributed by atoms with Crippen molar-refractivity contribution in [3.05, 3.63) is 36.4 Å². The fraction of sp³-hybridized carbons (Fsp3) is 0.769. The van der Waals surface area contributed by atoms with Crippen LogP contribution in [0.2, 0.25) is 0 Å². The minimum absolute atomic E-state index is 0.164. The molecule has 1 heterocycles. The van der Waals surface area contributed by atoms with Gasteiger partial charge in [0.25, 0.3) is 0 Å². The van der Waals surface area contributed by atoms with Crippen molar-refractivity contribution in [1.29, 1.82) is 0 Å². The van der Waals surface area contributed by atoms with Crippen LogP contribution < -0.4 is 0 Å². The highest BCUT2D eigenvalue weighted by molar-refractivity contribution is 5.16. The third-order valence-electron chi connectivity index (χ3n) is 5.02. The lowest BCUT2D eigenvalue weighted by atomic mass is 10.1. The summed E-state index contributed by atoms with van der Waals surface area (Å²) in [5, 5.41) is 9.44. The van der Waals surface area contributed by atoms with Gasteiger partial charge >= 0.3 is 0 Å². The van der Waals surface area contributed by atoms with Crippen LogP contribution in [0.5, 0.6) is 0 Å². The van der Waals surface area contributed by atoms with E-state index < -0.39 is 0 Å². The van der Waals surface area contributed by atoms with Crippen LogP contribution in [0.15, 0.2) is 36.4 Å². The van der Waals surface area contributed by atoms with Crippen LogP contribution in [0, 0.1) is 5.92 Å². The normalized spacial score (nSPS) is 19.1. The summed E-state index contributed by atoms with van der Waals surface area (Å²) in [7, 11) is 0. The molecule has 0 radical (unpaired) electrons. The van der Waals surface area contributed by atoms with Crippen molar-refractivity contribution >= 4 is 0 Å². The van der Waals surface area contributed by atoms with E-state index in [0.717, 1.165) is 76.7 Å². The Bertz CT molecular complexity index is 502. The van der Waals surface area contributed by atoms with E-state index in [2.05, 4.69) is 64.3 Å². The highest BCUT2D eigenvalue weighted by Gasteiger charge is 2.21. The molecule has 0 aromatic rings. The van der Waals surface area contributed by atoms with Gasteiger partial charge in [-0.05, 0) is 50.6 Å². The smallest absolute Gasteiger partial charge is 0.179 e. The maximum absolute atomic E-state index is 9.44. The average molecular weight is 439 g/mol. The molecule has 0 amide bonds. The van der Waals surface area contributed by atoms with Gasteiger partial charge in [0, 0.05) is 32.5 Å². The molecule has 2 aliphatic rings. The molecule has 182 valence electrons. The number of allylic oxidation sites excluding steroid dienone is 2. The summed E-state index contributed by atoms with van der Waals surface area (Å²) in [4.78, 5) is 4.28. The Labute approximate surface area is 192 Å². The lowest BCUT2D eigenvalue weighted by Crippen LogP contribution is -2.36. The number of likely N-dealkylation sites (tertiary alicyclic amines) is 1. The summed E-state index contributed by atoms with van der Waals surface area (Å²) < 4.78 is 12.2. The van der Waals surface area contributed by atoms with E-state index in [-0.39, 0.29) is 18.1 Å². The lowest BCUT2D eigenvalue weighted by molar-refractivity contribution is 0.0506. The first-order chi connectivity index (χ1) is 14.8. The van der Waals surface area contributed by atoms with Crippen molar-refractivity contribution in [3.8, 4) is 0 Å². The van der Waals surface area contributed by atoms with Crippen LogP contribution in [0.3, 0.4) is 0 Å². The van der Waals surface area contributed by atoms with Gasteiger partial charge in [0.15, 0.2) is 5.88 Å². The molecular formula is C26H50N2O3. The molecule has 1 aliphatic carbocycles. The van der Waals surface area contributed by atoms with Gasteiger partial charge in [0.1, 0.15) is 11.9 Å². The van der Waals surface area contributed by atoms with E-state index in [1.807, 2.05) is 18.7 Å². The van der Waals surface area contributed by atoms with Gasteiger partial charge in [0.05, 0.1) is 12.7 Å². The number of hydrogen-bond donors (Lipinski definition) is 1. The van der Waals surface area contributed by atoms with Gasteiger partial charge in [-0.25, -0.2) is 0 Å². The van der Waals surface area contributed by atoms with Crippen molar-refractivity contribution in [2.24, 2.45) is 5.92 Å². The van der Waals surface area contributed by atoms with Crippen molar-refractivity contribution in [3.63, 3.8) is 0 Å². The maximum atomic E-state index is 9.44.